The maximum atomic E-state index is 6.01. The number of hydrogen-bond acceptors (Lipinski definition) is 6. The zero-order valence-corrected chi connectivity index (χ0v) is 11.1. The highest BCUT2D eigenvalue weighted by molar-refractivity contribution is 5.81. The number of aromatic nitrogens is 4. The first-order valence-electron chi connectivity index (χ1n) is 5.92. The lowest BCUT2D eigenvalue weighted by molar-refractivity contribution is 0.401. The summed E-state index contributed by atoms with van der Waals surface area (Å²) in [5, 5.41) is 0. The van der Waals surface area contributed by atoms with Crippen LogP contribution in [-0.4, -0.2) is 33.7 Å². The summed E-state index contributed by atoms with van der Waals surface area (Å²) in [4.78, 5) is 12.5. The lowest BCUT2D eigenvalue weighted by Crippen LogP contribution is -2.03. The van der Waals surface area contributed by atoms with E-state index in [9.17, 15) is 0 Å². The minimum Gasteiger partial charge on any atom is -0.495 e. The Morgan fingerprint density at radius 1 is 1.10 bits per heavy atom. The second kappa shape index (κ2) is 4.69. The molecule has 0 unspecified atom stereocenters. The topological polar surface area (TPSA) is 88.1 Å². The van der Waals surface area contributed by atoms with E-state index in [4.69, 9.17) is 15.2 Å². The van der Waals surface area contributed by atoms with Crippen molar-refractivity contribution in [2.75, 3.05) is 20.0 Å². The molecule has 2 heterocycles. The Balaban J connectivity index is 2.34. The maximum absolute atomic E-state index is 6.01. The van der Waals surface area contributed by atoms with Gasteiger partial charge in [-0.1, -0.05) is 12.1 Å². The van der Waals surface area contributed by atoms with Gasteiger partial charge in [-0.05, 0) is 12.1 Å². The van der Waals surface area contributed by atoms with Crippen molar-refractivity contribution in [2.45, 2.75) is 0 Å². The fraction of sp³-hybridized carbons (Fsp3) is 0.154. The summed E-state index contributed by atoms with van der Waals surface area (Å²) in [6.45, 7) is 0. The number of nitrogen functional groups attached to an aromatic ring is 1. The van der Waals surface area contributed by atoms with Crippen LogP contribution in [0.2, 0.25) is 0 Å². The van der Waals surface area contributed by atoms with E-state index in [1.165, 1.54) is 13.4 Å². The van der Waals surface area contributed by atoms with E-state index in [0.717, 1.165) is 5.69 Å². The van der Waals surface area contributed by atoms with Crippen LogP contribution in [0.1, 0.15) is 0 Å². The van der Waals surface area contributed by atoms with Crippen molar-refractivity contribution in [3.8, 4) is 17.3 Å². The van der Waals surface area contributed by atoms with Crippen LogP contribution in [0.15, 0.2) is 30.6 Å². The Labute approximate surface area is 115 Å². The molecule has 7 nitrogen and oxygen atoms in total. The summed E-state index contributed by atoms with van der Waals surface area (Å²) in [5.74, 6) is 1.36. The molecule has 0 aliphatic rings. The zero-order valence-electron chi connectivity index (χ0n) is 11.1. The quantitative estimate of drug-likeness (QED) is 0.775. The summed E-state index contributed by atoms with van der Waals surface area (Å²) in [7, 11) is 3.13. The highest BCUT2D eigenvalue weighted by Gasteiger charge is 2.17. The molecule has 102 valence electrons. The number of anilines is 1. The van der Waals surface area contributed by atoms with Crippen LogP contribution < -0.4 is 15.2 Å². The van der Waals surface area contributed by atoms with E-state index in [2.05, 4.69) is 15.0 Å². The number of methoxy groups -OCH3 is 2. The number of benzene rings is 1. The number of ether oxygens (including phenoxy) is 2. The molecule has 1 aromatic carbocycles. The molecule has 0 bridgehead atoms. The largest absolute Gasteiger partial charge is 0.495 e. The SMILES string of the molecule is COc1ccccc1-n1c(N)nc2c(OC)ncnc21. The first-order valence-corrected chi connectivity index (χ1v) is 5.92. The third kappa shape index (κ3) is 1.71. The molecule has 0 aliphatic carbocycles. The standard InChI is InChI=1S/C13H13N5O2/c1-19-9-6-4-3-5-8(9)18-11-10(17-13(18)14)12(20-2)16-7-15-11/h3-7H,1-2H3,(H2,14,17). The van der Waals surface area contributed by atoms with Gasteiger partial charge in [0, 0.05) is 0 Å². The molecule has 7 heteroatoms. The van der Waals surface area contributed by atoms with Crippen LogP contribution >= 0.6 is 0 Å². The van der Waals surface area contributed by atoms with Crippen LogP contribution in [-0.2, 0) is 0 Å². The smallest absolute Gasteiger partial charge is 0.245 e. The molecule has 0 saturated carbocycles. The summed E-state index contributed by atoms with van der Waals surface area (Å²) >= 11 is 0. The third-order valence-electron chi connectivity index (χ3n) is 2.96. The van der Waals surface area contributed by atoms with Crippen molar-refractivity contribution in [1.82, 2.24) is 19.5 Å². The lowest BCUT2D eigenvalue weighted by atomic mass is 10.3. The van der Waals surface area contributed by atoms with Gasteiger partial charge in [-0.3, -0.25) is 4.57 Å². The summed E-state index contributed by atoms with van der Waals surface area (Å²) < 4.78 is 12.2. The van der Waals surface area contributed by atoms with E-state index in [1.807, 2.05) is 24.3 Å². The van der Waals surface area contributed by atoms with Crippen molar-refractivity contribution in [3.05, 3.63) is 30.6 Å². The predicted octanol–water partition coefficient (Wildman–Crippen LogP) is 1.41. The Hall–Kier alpha value is -2.83. The molecule has 0 aliphatic heterocycles. The van der Waals surface area contributed by atoms with Crippen molar-refractivity contribution >= 4 is 17.1 Å². The molecule has 0 saturated heterocycles. The fourth-order valence-corrected chi connectivity index (χ4v) is 2.09. The van der Waals surface area contributed by atoms with Gasteiger partial charge >= 0.3 is 0 Å². The first-order chi connectivity index (χ1) is 9.76. The minimum absolute atomic E-state index is 0.295. The Morgan fingerprint density at radius 3 is 2.65 bits per heavy atom. The van der Waals surface area contributed by atoms with Crippen LogP contribution in [0, 0.1) is 0 Å². The summed E-state index contributed by atoms with van der Waals surface area (Å²) in [6, 6.07) is 7.50. The average molecular weight is 271 g/mol. The normalized spacial score (nSPS) is 10.7. The lowest BCUT2D eigenvalue weighted by Gasteiger charge is -2.10. The van der Waals surface area contributed by atoms with Crippen molar-refractivity contribution in [2.24, 2.45) is 0 Å². The number of para-hydroxylation sites is 2. The van der Waals surface area contributed by atoms with Gasteiger partial charge < -0.3 is 15.2 Å². The van der Waals surface area contributed by atoms with Crippen molar-refractivity contribution < 1.29 is 9.47 Å². The number of rotatable bonds is 3. The number of nitrogens with zero attached hydrogens (tertiary/aromatic N) is 4. The second-order valence-corrected chi connectivity index (χ2v) is 4.03. The van der Waals surface area contributed by atoms with Crippen LogP contribution in [0.5, 0.6) is 11.6 Å². The molecular formula is C13H13N5O2. The second-order valence-electron chi connectivity index (χ2n) is 4.03. The number of nitrogens with two attached hydrogens (primary N) is 1. The predicted molar refractivity (Wildman–Crippen MR) is 74.2 cm³/mol. The first kappa shape index (κ1) is 12.2. The Kier molecular flexibility index (Phi) is 2.86. The maximum Gasteiger partial charge on any atom is 0.245 e. The number of hydrogen-bond donors (Lipinski definition) is 1. The van der Waals surface area contributed by atoms with Gasteiger partial charge in [0.05, 0.1) is 19.9 Å². The van der Waals surface area contributed by atoms with Crippen LogP contribution in [0.4, 0.5) is 5.95 Å². The van der Waals surface area contributed by atoms with Gasteiger partial charge in [-0.15, -0.1) is 0 Å². The monoisotopic (exact) mass is 271 g/mol. The van der Waals surface area contributed by atoms with Gasteiger partial charge in [0.2, 0.25) is 11.8 Å². The van der Waals surface area contributed by atoms with E-state index in [0.29, 0.717) is 28.7 Å². The molecule has 0 atom stereocenters. The van der Waals surface area contributed by atoms with Gasteiger partial charge in [0.25, 0.3) is 0 Å². The van der Waals surface area contributed by atoms with E-state index >= 15 is 0 Å². The molecular weight excluding hydrogens is 258 g/mol. The highest BCUT2D eigenvalue weighted by atomic mass is 16.5. The van der Waals surface area contributed by atoms with Crippen LogP contribution in [0.3, 0.4) is 0 Å². The fourth-order valence-electron chi connectivity index (χ4n) is 2.09. The van der Waals surface area contributed by atoms with Gasteiger partial charge in [-0.25, -0.2) is 9.97 Å². The molecule has 2 N–H and O–H groups in total. The number of fused-ring (bicyclic) bond motifs is 1. The Morgan fingerprint density at radius 2 is 1.90 bits per heavy atom. The zero-order chi connectivity index (χ0) is 14.1. The van der Waals surface area contributed by atoms with Crippen LogP contribution in [0.25, 0.3) is 16.9 Å². The minimum atomic E-state index is 0.295. The number of imidazole rings is 1. The average Bonchev–Trinajstić information content (AvgIpc) is 2.82. The highest BCUT2D eigenvalue weighted by Crippen LogP contribution is 2.30. The Bertz CT molecular complexity index is 769. The van der Waals surface area contributed by atoms with Gasteiger partial charge in [0.1, 0.15) is 12.1 Å². The molecule has 0 amide bonds. The molecule has 3 aromatic rings. The molecule has 0 radical (unpaired) electrons. The molecule has 3 rings (SSSR count). The van der Waals surface area contributed by atoms with E-state index in [-0.39, 0.29) is 0 Å². The molecule has 2 aromatic heterocycles. The third-order valence-corrected chi connectivity index (χ3v) is 2.96. The summed E-state index contributed by atoms with van der Waals surface area (Å²) in [5.41, 5.74) is 7.85. The van der Waals surface area contributed by atoms with E-state index in [1.54, 1.807) is 11.7 Å². The molecule has 20 heavy (non-hydrogen) atoms. The van der Waals surface area contributed by atoms with Crippen molar-refractivity contribution in [1.29, 1.82) is 0 Å². The van der Waals surface area contributed by atoms with Crippen molar-refractivity contribution in [3.63, 3.8) is 0 Å². The molecule has 0 spiro atoms. The van der Waals surface area contributed by atoms with Gasteiger partial charge in [-0.2, -0.15) is 4.98 Å². The van der Waals surface area contributed by atoms with E-state index < -0.39 is 0 Å². The summed E-state index contributed by atoms with van der Waals surface area (Å²) in [6.07, 6.45) is 1.41. The molecule has 0 fully saturated rings. The van der Waals surface area contributed by atoms with Gasteiger partial charge in [0.15, 0.2) is 11.2 Å².